The maximum Gasteiger partial charge on any atom is 0.261 e. The molecule has 1 aliphatic heterocycles. The van der Waals surface area contributed by atoms with E-state index in [1.54, 1.807) is 17.0 Å². The van der Waals surface area contributed by atoms with Gasteiger partial charge in [-0.1, -0.05) is 12.1 Å². The topological polar surface area (TPSA) is 72.3 Å². The van der Waals surface area contributed by atoms with E-state index in [1.807, 2.05) is 18.2 Å². The minimum absolute atomic E-state index is 0.0341. The molecule has 2 fully saturated rings. The van der Waals surface area contributed by atoms with Crippen LogP contribution in [0.15, 0.2) is 35.4 Å². The highest BCUT2D eigenvalue weighted by atomic mass is 32.2. The Labute approximate surface area is 141 Å². The van der Waals surface area contributed by atoms with Crippen molar-refractivity contribution in [1.29, 1.82) is 0 Å². The van der Waals surface area contributed by atoms with Crippen LogP contribution in [0.25, 0.3) is 10.9 Å². The minimum atomic E-state index is -2.91. The molecule has 0 bridgehead atoms. The van der Waals surface area contributed by atoms with Crippen molar-refractivity contribution in [3.05, 3.63) is 40.9 Å². The van der Waals surface area contributed by atoms with Crippen LogP contribution >= 0.6 is 0 Å². The van der Waals surface area contributed by atoms with Gasteiger partial charge in [0.1, 0.15) is 0 Å². The average Bonchev–Trinajstić information content (AvgIpc) is 3.40. The maximum atomic E-state index is 12.5. The first-order valence-corrected chi connectivity index (χ1v) is 10.2. The van der Waals surface area contributed by atoms with Crippen LogP contribution in [0, 0.1) is 5.92 Å². The van der Waals surface area contributed by atoms with Crippen molar-refractivity contribution in [3.63, 3.8) is 0 Å². The summed E-state index contributed by atoms with van der Waals surface area (Å²) in [6.07, 6.45) is 3.83. The van der Waals surface area contributed by atoms with Gasteiger partial charge in [-0.2, -0.15) is 0 Å². The summed E-state index contributed by atoms with van der Waals surface area (Å²) < 4.78 is 25.5. The van der Waals surface area contributed by atoms with Gasteiger partial charge in [0.15, 0.2) is 9.84 Å². The molecule has 7 heteroatoms. The number of nitrogens with zero attached hydrogens (tertiary/aromatic N) is 3. The van der Waals surface area contributed by atoms with Crippen molar-refractivity contribution in [2.24, 2.45) is 5.92 Å². The Hall–Kier alpha value is -1.73. The molecule has 1 saturated carbocycles. The van der Waals surface area contributed by atoms with Gasteiger partial charge in [-0.25, -0.2) is 13.4 Å². The molecule has 2 aromatic rings. The van der Waals surface area contributed by atoms with Crippen molar-refractivity contribution < 1.29 is 8.42 Å². The molecule has 2 aliphatic rings. The van der Waals surface area contributed by atoms with E-state index in [1.165, 1.54) is 0 Å². The first-order chi connectivity index (χ1) is 11.5. The average molecular weight is 347 g/mol. The van der Waals surface area contributed by atoms with Crippen LogP contribution in [0.3, 0.4) is 0 Å². The third-order valence-corrected chi connectivity index (χ3v) is 6.76. The number of hydrogen-bond acceptors (Lipinski definition) is 5. The zero-order chi connectivity index (χ0) is 16.7. The van der Waals surface area contributed by atoms with E-state index in [9.17, 15) is 13.2 Å². The minimum Gasteiger partial charge on any atom is -0.297 e. The van der Waals surface area contributed by atoms with E-state index >= 15 is 0 Å². The number of rotatable bonds is 4. The quantitative estimate of drug-likeness (QED) is 0.822. The molecule has 0 spiro atoms. The number of benzene rings is 1. The lowest BCUT2D eigenvalue weighted by molar-refractivity contribution is 0.186. The second-order valence-corrected chi connectivity index (χ2v) is 9.04. The number of aromatic nitrogens is 2. The van der Waals surface area contributed by atoms with Crippen LogP contribution in [0.5, 0.6) is 0 Å². The fourth-order valence-electron chi connectivity index (χ4n) is 3.57. The van der Waals surface area contributed by atoms with Crippen molar-refractivity contribution in [2.45, 2.75) is 25.4 Å². The molecule has 1 atom stereocenters. The Morgan fingerprint density at radius 2 is 1.96 bits per heavy atom. The number of fused-ring (bicyclic) bond motifs is 1. The van der Waals surface area contributed by atoms with Crippen LogP contribution in [-0.2, 0) is 16.4 Å². The SMILES string of the molecule is O=c1c2ccccc2ncn1CCN1CCS(=O)(=O)CC1C1CC1. The van der Waals surface area contributed by atoms with Gasteiger partial charge in [0.2, 0.25) is 0 Å². The summed E-state index contributed by atoms with van der Waals surface area (Å²) >= 11 is 0. The molecule has 0 amide bonds. The lowest BCUT2D eigenvalue weighted by Gasteiger charge is -2.35. The monoisotopic (exact) mass is 347 g/mol. The van der Waals surface area contributed by atoms with Crippen LogP contribution in [0.4, 0.5) is 0 Å². The smallest absolute Gasteiger partial charge is 0.261 e. The van der Waals surface area contributed by atoms with E-state index < -0.39 is 9.84 Å². The zero-order valence-electron chi connectivity index (χ0n) is 13.5. The molecule has 1 saturated heterocycles. The Kier molecular flexibility index (Phi) is 3.92. The highest BCUT2D eigenvalue weighted by Crippen LogP contribution is 2.37. The molecule has 1 aromatic heterocycles. The second-order valence-electron chi connectivity index (χ2n) is 6.82. The van der Waals surface area contributed by atoms with Gasteiger partial charge >= 0.3 is 0 Å². The highest BCUT2D eigenvalue weighted by molar-refractivity contribution is 7.91. The molecule has 24 heavy (non-hydrogen) atoms. The lowest BCUT2D eigenvalue weighted by Crippen LogP contribution is -2.50. The summed E-state index contributed by atoms with van der Waals surface area (Å²) in [5.74, 6) is 0.996. The van der Waals surface area contributed by atoms with Crippen LogP contribution in [0.2, 0.25) is 0 Å². The van der Waals surface area contributed by atoms with Crippen LogP contribution < -0.4 is 5.56 Å². The second kappa shape index (κ2) is 5.97. The van der Waals surface area contributed by atoms with E-state index in [4.69, 9.17) is 0 Å². The highest BCUT2D eigenvalue weighted by Gasteiger charge is 2.40. The summed E-state index contributed by atoms with van der Waals surface area (Å²) in [4.78, 5) is 19.1. The number of sulfone groups is 1. The standard InChI is InChI=1S/C17H21N3O3S/c21-17-14-3-1-2-4-15(14)18-12-20(17)8-7-19-9-10-24(22,23)11-16(19)13-5-6-13/h1-4,12-13,16H,5-11H2. The summed E-state index contributed by atoms with van der Waals surface area (Å²) in [7, 11) is -2.91. The molecule has 4 rings (SSSR count). The van der Waals surface area contributed by atoms with Gasteiger partial charge in [0.05, 0.1) is 28.7 Å². The van der Waals surface area contributed by atoms with Crippen molar-refractivity contribution in [2.75, 3.05) is 24.6 Å². The Bertz CT molecular complexity index is 918. The van der Waals surface area contributed by atoms with Crippen LogP contribution in [-0.4, -0.2) is 53.5 Å². The Morgan fingerprint density at radius 1 is 1.17 bits per heavy atom. The maximum absolute atomic E-state index is 12.5. The van der Waals surface area contributed by atoms with E-state index in [0.29, 0.717) is 36.5 Å². The van der Waals surface area contributed by atoms with Crippen molar-refractivity contribution in [3.8, 4) is 0 Å². The van der Waals surface area contributed by atoms with Gasteiger partial charge in [0, 0.05) is 25.7 Å². The predicted molar refractivity (Wildman–Crippen MR) is 92.7 cm³/mol. The third kappa shape index (κ3) is 3.10. The first kappa shape index (κ1) is 15.8. The fraction of sp³-hybridized carbons (Fsp3) is 0.529. The zero-order valence-corrected chi connectivity index (χ0v) is 14.3. The Balaban J connectivity index is 1.52. The Morgan fingerprint density at radius 3 is 2.75 bits per heavy atom. The third-order valence-electron chi connectivity index (χ3n) is 5.11. The summed E-state index contributed by atoms with van der Waals surface area (Å²) in [6.45, 7) is 1.80. The summed E-state index contributed by atoms with van der Waals surface area (Å²) in [5.41, 5.74) is 0.673. The van der Waals surface area contributed by atoms with Crippen molar-refractivity contribution >= 4 is 20.7 Å². The first-order valence-electron chi connectivity index (χ1n) is 8.42. The predicted octanol–water partition coefficient (Wildman–Crippen LogP) is 0.905. The molecular weight excluding hydrogens is 326 g/mol. The van der Waals surface area contributed by atoms with Gasteiger partial charge < -0.3 is 0 Å². The van der Waals surface area contributed by atoms with Gasteiger partial charge in [-0.15, -0.1) is 0 Å². The van der Waals surface area contributed by atoms with Gasteiger partial charge in [-0.05, 0) is 30.9 Å². The fourth-order valence-corrected chi connectivity index (χ4v) is 5.25. The molecule has 1 aromatic carbocycles. The lowest BCUT2D eigenvalue weighted by atomic mass is 10.1. The van der Waals surface area contributed by atoms with E-state index in [0.717, 1.165) is 12.8 Å². The molecule has 0 N–H and O–H groups in total. The number of para-hydroxylation sites is 1. The normalized spacial score (nSPS) is 24.2. The van der Waals surface area contributed by atoms with E-state index in [2.05, 4.69) is 9.88 Å². The molecule has 1 aliphatic carbocycles. The van der Waals surface area contributed by atoms with Gasteiger partial charge in [0.25, 0.3) is 5.56 Å². The number of hydrogen-bond donors (Lipinski definition) is 0. The molecule has 6 nitrogen and oxygen atoms in total. The van der Waals surface area contributed by atoms with Crippen molar-refractivity contribution in [1.82, 2.24) is 14.5 Å². The summed E-state index contributed by atoms with van der Waals surface area (Å²) in [5, 5.41) is 0.625. The molecule has 128 valence electrons. The summed E-state index contributed by atoms with van der Waals surface area (Å²) in [6, 6.07) is 7.45. The molecular formula is C17H21N3O3S. The van der Waals surface area contributed by atoms with E-state index in [-0.39, 0.29) is 23.1 Å². The van der Waals surface area contributed by atoms with Gasteiger partial charge in [-0.3, -0.25) is 14.3 Å². The molecule has 1 unspecified atom stereocenters. The van der Waals surface area contributed by atoms with Crippen LogP contribution in [0.1, 0.15) is 12.8 Å². The molecule has 0 radical (unpaired) electrons. The largest absolute Gasteiger partial charge is 0.297 e. The molecule has 2 heterocycles.